The molecule has 1 unspecified atom stereocenters. The number of amides is 1. The highest BCUT2D eigenvalue weighted by molar-refractivity contribution is 5.91. The van der Waals surface area contributed by atoms with Crippen LogP contribution in [0.5, 0.6) is 0 Å². The molecule has 1 heterocycles. The van der Waals surface area contributed by atoms with Gasteiger partial charge in [0, 0.05) is 23.7 Å². The molecule has 0 aliphatic heterocycles. The van der Waals surface area contributed by atoms with E-state index in [2.05, 4.69) is 15.5 Å². The van der Waals surface area contributed by atoms with Crippen LogP contribution in [0.15, 0.2) is 65.5 Å². The molecule has 5 nitrogen and oxygen atoms in total. The Balaban J connectivity index is 1.67. The minimum Gasteiger partial charge on any atom is -0.326 e. The Morgan fingerprint density at radius 3 is 2.62 bits per heavy atom. The van der Waals surface area contributed by atoms with E-state index in [1.165, 1.54) is 18.2 Å². The van der Waals surface area contributed by atoms with Crippen molar-refractivity contribution in [2.45, 2.75) is 19.3 Å². The van der Waals surface area contributed by atoms with Crippen molar-refractivity contribution in [3.63, 3.8) is 0 Å². The number of nitrogens with one attached hydrogen (secondary N) is 2. The van der Waals surface area contributed by atoms with Gasteiger partial charge < -0.3 is 5.32 Å². The molecule has 0 aliphatic carbocycles. The molecule has 0 saturated carbocycles. The van der Waals surface area contributed by atoms with Crippen molar-refractivity contribution in [2.24, 2.45) is 0 Å². The number of halogens is 1. The molecule has 1 atom stereocenters. The van der Waals surface area contributed by atoms with Gasteiger partial charge in [0.15, 0.2) is 0 Å². The lowest BCUT2D eigenvalue weighted by molar-refractivity contribution is -0.116. The largest absolute Gasteiger partial charge is 0.326 e. The van der Waals surface area contributed by atoms with Crippen molar-refractivity contribution < 1.29 is 9.18 Å². The predicted molar refractivity (Wildman–Crippen MR) is 98.4 cm³/mol. The van der Waals surface area contributed by atoms with Crippen molar-refractivity contribution in [2.75, 3.05) is 5.32 Å². The number of nitrogens with zero attached hydrogens (tertiary/aromatic N) is 1. The minimum atomic E-state index is -0.293. The van der Waals surface area contributed by atoms with Gasteiger partial charge in [0.2, 0.25) is 5.91 Å². The van der Waals surface area contributed by atoms with E-state index in [-0.39, 0.29) is 29.6 Å². The van der Waals surface area contributed by atoms with E-state index in [1.54, 1.807) is 36.4 Å². The first-order valence-corrected chi connectivity index (χ1v) is 8.23. The third kappa shape index (κ3) is 4.42. The molecule has 0 fully saturated rings. The Kier molecular flexibility index (Phi) is 5.22. The molecule has 0 radical (unpaired) electrons. The Labute approximate surface area is 149 Å². The number of hydrogen-bond acceptors (Lipinski definition) is 3. The van der Waals surface area contributed by atoms with Crippen LogP contribution in [0.4, 0.5) is 10.1 Å². The maximum Gasteiger partial charge on any atom is 0.264 e. The monoisotopic (exact) mass is 351 g/mol. The van der Waals surface area contributed by atoms with Crippen LogP contribution in [0.3, 0.4) is 0 Å². The number of benzene rings is 2. The van der Waals surface area contributed by atoms with Crippen LogP contribution >= 0.6 is 0 Å². The minimum absolute atomic E-state index is 0.0281. The van der Waals surface area contributed by atoms with E-state index in [1.807, 2.05) is 13.0 Å². The zero-order chi connectivity index (χ0) is 18.5. The van der Waals surface area contributed by atoms with E-state index in [9.17, 15) is 14.0 Å². The van der Waals surface area contributed by atoms with E-state index in [0.717, 1.165) is 11.1 Å². The first kappa shape index (κ1) is 17.5. The molecular weight excluding hydrogens is 333 g/mol. The van der Waals surface area contributed by atoms with E-state index in [0.29, 0.717) is 11.4 Å². The second kappa shape index (κ2) is 7.74. The summed E-state index contributed by atoms with van der Waals surface area (Å²) in [6.45, 7) is 1.92. The molecule has 26 heavy (non-hydrogen) atoms. The summed E-state index contributed by atoms with van der Waals surface area (Å²) in [4.78, 5) is 23.4. The first-order valence-electron chi connectivity index (χ1n) is 8.23. The SMILES string of the molecule is CC(CC(=O)Nc1cccc(-c2ccc(=O)[nH]n2)c1)c1ccc(F)cc1. The summed E-state index contributed by atoms with van der Waals surface area (Å²) in [5.41, 5.74) is 2.68. The number of aromatic amines is 1. The number of rotatable bonds is 5. The first-order chi connectivity index (χ1) is 12.5. The highest BCUT2D eigenvalue weighted by Gasteiger charge is 2.12. The Morgan fingerprint density at radius 2 is 1.92 bits per heavy atom. The number of hydrogen-bond donors (Lipinski definition) is 2. The lowest BCUT2D eigenvalue weighted by Gasteiger charge is -2.12. The molecule has 2 N–H and O–H groups in total. The summed E-state index contributed by atoms with van der Waals surface area (Å²) >= 11 is 0. The van der Waals surface area contributed by atoms with Crippen LogP contribution in [0.2, 0.25) is 0 Å². The summed E-state index contributed by atoms with van der Waals surface area (Å²) in [6.07, 6.45) is 0.284. The van der Waals surface area contributed by atoms with E-state index >= 15 is 0 Å². The average Bonchev–Trinajstić information content (AvgIpc) is 2.63. The zero-order valence-corrected chi connectivity index (χ0v) is 14.2. The summed E-state index contributed by atoms with van der Waals surface area (Å²) < 4.78 is 13.0. The summed E-state index contributed by atoms with van der Waals surface area (Å²) in [7, 11) is 0. The van der Waals surface area contributed by atoms with Gasteiger partial charge in [-0.15, -0.1) is 0 Å². The number of carbonyl (C=O) groups is 1. The highest BCUT2D eigenvalue weighted by Crippen LogP contribution is 2.22. The van der Waals surface area contributed by atoms with E-state index in [4.69, 9.17) is 0 Å². The van der Waals surface area contributed by atoms with Gasteiger partial charge in [-0.1, -0.05) is 31.2 Å². The van der Waals surface area contributed by atoms with Crippen molar-refractivity contribution in [1.29, 1.82) is 0 Å². The number of carbonyl (C=O) groups excluding carboxylic acids is 1. The molecule has 3 rings (SSSR count). The third-order valence-electron chi connectivity index (χ3n) is 4.05. The van der Waals surface area contributed by atoms with E-state index < -0.39 is 0 Å². The van der Waals surface area contributed by atoms with Gasteiger partial charge in [-0.25, -0.2) is 9.49 Å². The molecule has 6 heteroatoms. The van der Waals surface area contributed by atoms with Crippen LogP contribution in [0.25, 0.3) is 11.3 Å². The fourth-order valence-electron chi connectivity index (χ4n) is 2.66. The lowest BCUT2D eigenvalue weighted by Crippen LogP contribution is -2.14. The highest BCUT2D eigenvalue weighted by atomic mass is 19.1. The van der Waals surface area contributed by atoms with Gasteiger partial charge in [-0.05, 0) is 41.8 Å². The van der Waals surface area contributed by atoms with Gasteiger partial charge in [0.1, 0.15) is 5.82 Å². The smallest absolute Gasteiger partial charge is 0.264 e. The molecule has 0 bridgehead atoms. The maximum atomic E-state index is 13.0. The number of anilines is 1. The number of H-pyrrole nitrogens is 1. The van der Waals surface area contributed by atoms with Crippen molar-refractivity contribution in [1.82, 2.24) is 10.2 Å². The number of aromatic nitrogens is 2. The predicted octanol–water partition coefficient (Wildman–Crippen LogP) is 3.71. The maximum absolute atomic E-state index is 13.0. The molecule has 0 spiro atoms. The fourth-order valence-corrected chi connectivity index (χ4v) is 2.66. The molecule has 132 valence electrons. The van der Waals surface area contributed by atoms with Crippen LogP contribution in [-0.2, 0) is 4.79 Å². The molecule has 2 aromatic carbocycles. The Morgan fingerprint density at radius 1 is 1.15 bits per heavy atom. The van der Waals surface area contributed by atoms with Crippen LogP contribution in [0, 0.1) is 5.82 Å². The van der Waals surface area contributed by atoms with Crippen LogP contribution < -0.4 is 10.9 Å². The molecule has 0 saturated heterocycles. The Hall–Kier alpha value is -3.28. The lowest BCUT2D eigenvalue weighted by atomic mass is 9.97. The fraction of sp³-hybridized carbons (Fsp3) is 0.150. The van der Waals surface area contributed by atoms with Gasteiger partial charge >= 0.3 is 0 Å². The summed E-state index contributed by atoms with van der Waals surface area (Å²) in [5.74, 6) is -0.453. The van der Waals surface area contributed by atoms with Crippen LogP contribution in [-0.4, -0.2) is 16.1 Å². The van der Waals surface area contributed by atoms with Gasteiger partial charge in [0.05, 0.1) is 5.69 Å². The summed E-state index contributed by atoms with van der Waals surface area (Å²) in [5, 5.41) is 9.23. The molecular formula is C20H18FN3O2. The van der Waals surface area contributed by atoms with Gasteiger partial charge in [-0.3, -0.25) is 9.59 Å². The van der Waals surface area contributed by atoms with Crippen molar-refractivity contribution in [3.8, 4) is 11.3 Å². The second-order valence-corrected chi connectivity index (χ2v) is 6.09. The third-order valence-corrected chi connectivity index (χ3v) is 4.05. The molecule has 3 aromatic rings. The molecule has 1 aromatic heterocycles. The zero-order valence-electron chi connectivity index (χ0n) is 14.2. The summed E-state index contributed by atoms with van der Waals surface area (Å²) in [6, 6.07) is 16.4. The van der Waals surface area contributed by atoms with Crippen molar-refractivity contribution in [3.05, 3.63) is 82.4 Å². The molecule has 1 amide bonds. The average molecular weight is 351 g/mol. The standard InChI is InChI=1S/C20H18FN3O2/c1-13(14-5-7-16(21)8-6-14)11-20(26)22-17-4-2-3-15(12-17)18-9-10-19(25)24-23-18/h2-10,12-13H,11H2,1H3,(H,22,26)(H,24,25). The second-order valence-electron chi connectivity index (χ2n) is 6.09. The Bertz CT molecular complexity index is 947. The molecule has 0 aliphatic rings. The van der Waals surface area contributed by atoms with Crippen LogP contribution in [0.1, 0.15) is 24.8 Å². The van der Waals surface area contributed by atoms with Gasteiger partial charge in [-0.2, -0.15) is 5.10 Å². The van der Waals surface area contributed by atoms with Gasteiger partial charge in [0.25, 0.3) is 5.56 Å². The quantitative estimate of drug-likeness (QED) is 0.736. The topological polar surface area (TPSA) is 74.8 Å². The normalized spacial score (nSPS) is 11.8. The van der Waals surface area contributed by atoms with Crippen molar-refractivity contribution >= 4 is 11.6 Å².